The monoisotopic (exact) mass is 418 g/mol. The van der Waals surface area contributed by atoms with Crippen molar-refractivity contribution < 1.29 is 4.79 Å². The molecule has 0 spiro atoms. The zero-order chi connectivity index (χ0) is 19.8. The quantitative estimate of drug-likeness (QED) is 0.675. The highest BCUT2D eigenvalue weighted by atomic mass is 35.5. The number of amides is 1. The highest BCUT2D eigenvalue weighted by molar-refractivity contribution is 7.13. The highest BCUT2D eigenvalue weighted by Crippen LogP contribution is 2.17. The Hall–Kier alpha value is -2.78. The van der Waals surface area contributed by atoms with Crippen LogP contribution < -0.4 is 15.1 Å². The second-order valence-electron chi connectivity index (χ2n) is 6.04. The van der Waals surface area contributed by atoms with Crippen LogP contribution in [0.15, 0.2) is 47.3 Å². The molecular formula is C18H19ClN6O2S. The standard InChI is InChI=1S/C10H9N3O2S.C8H10ClN3/c14-8(6-7-4-2-1-3-5-7)11-9-12-13-10(15)16-9;9-7-3-4-8(11-10-7)12-5-1-2-6-12/h1-5H,6H2,(H,13,15)(H,11,12,14);3-4H,1-2,5-6H2. The van der Waals surface area contributed by atoms with E-state index < -0.39 is 0 Å². The molecule has 1 aliphatic rings. The minimum absolute atomic E-state index is 0.186. The lowest BCUT2D eigenvalue weighted by Gasteiger charge is -2.14. The number of halogens is 1. The molecule has 2 N–H and O–H groups in total. The van der Waals surface area contributed by atoms with Gasteiger partial charge in [0.25, 0.3) is 0 Å². The molecule has 0 saturated carbocycles. The number of aromatic amines is 1. The molecule has 3 aromatic rings. The number of carbonyl (C=O) groups excluding carboxylic acids is 1. The first-order valence-electron chi connectivity index (χ1n) is 8.73. The van der Waals surface area contributed by atoms with E-state index in [4.69, 9.17) is 11.6 Å². The van der Waals surface area contributed by atoms with Crippen LogP contribution in [0.25, 0.3) is 0 Å². The summed E-state index contributed by atoms with van der Waals surface area (Å²) in [6, 6.07) is 13.1. The summed E-state index contributed by atoms with van der Waals surface area (Å²) < 4.78 is 0. The summed E-state index contributed by atoms with van der Waals surface area (Å²) >= 11 is 6.50. The van der Waals surface area contributed by atoms with E-state index in [2.05, 4.69) is 30.6 Å². The Balaban J connectivity index is 0.000000167. The van der Waals surface area contributed by atoms with Crippen LogP contribution in [0.1, 0.15) is 18.4 Å². The van der Waals surface area contributed by atoms with Crippen LogP contribution >= 0.6 is 22.9 Å². The maximum atomic E-state index is 11.5. The van der Waals surface area contributed by atoms with E-state index in [9.17, 15) is 9.59 Å². The van der Waals surface area contributed by atoms with Crippen molar-refractivity contribution >= 4 is 39.8 Å². The number of nitrogens with zero attached hydrogens (tertiary/aromatic N) is 4. The van der Waals surface area contributed by atoms with E-state index in [1.165, 1.54) is 12.8 Å². The van der Waals surface area contributed by atoms with Gasteiger partial charge in [-0.05, 0) is 41.9 Å². The molecular weight excluding hydrogens is 400 g/mol. The molecule has 1 fully saturated rings. The van der Waals surface area contributed by atoms with Gasteiger partial charge in [0.05, 0.1) is 6.42 Å². The molecule has 3 heterocycles. The smallest absolute Gasteiger partial charge is 0.324 e. The van der Waals surface area contributed by atoms with Gasteiger partial charge in [0.15, 0.2) is 11.0 Å². The van der Waals surface area contributed by atoms with Crippen molar-refractivity contribution in [3.63, 3.8) is 0 Å². The predicted molar refractivity (Wildman–Crippen MR) is 110 cm³/mol. The number of H-pyrrole nitrogens is 1. The van der Waals surface area contributed by atoms with Crippen LogP contribution in [0.5, 0.6) is 0 Å². The number of hydrogen-bond donors (Lipinski definition) is 2. The van der Waals surface area contributed by atoms with E-state index in [-0.39, 0.29) is 17.2 Å². The average Bonchev–Trinajstić information content (AvgIpc) is 3.36. The van der Waals surface area contributed by atoms with Crippen LogP contribution in [0.3, 0.4) is 0 Å². The summed E-state index contributed by atoms with van der Waals surface area (Å²) in [5.41, 5.74) is 0.919. The van der Waals surface area contributed by atoms with Gasteiger partial charge in [-0.25, -0.2) is 5.10 Å². The zero-order valence-corrected chi connectivity index (χ0v) is 16.5. The number of hydrogen-bond acceptors (Lipinski definition) is 7. The van der Waals surface area contributed by atoms with E-state index in [1.807, 2.05) is 36.4 Å². The molecule has 2 aromatic heterocycles. The van der Waals surface area contributed by atoms with Crippen LogP contribution in [-0.4, -0.2) is 39.4 Å². The topological polar surface area (TPSA) is 104 Å². The summed E-state index contributed by atoms with van der Waals surface area (Å²) in [5, 5.41) is 17.0. The Morgan fingerprint density at radius 1 is 1.14 bits per heavy atom. The van der Waals surface area contributed by atoms with Crippen LogP contribution in [0.4, 0.5) is 10.9 Å². The van der Waals surface area contributed by atoms with E-state index in [0.29, 0.717) is 10.3 Å². The van der Waals surface area contributed by atoms with Crippen molar-refractivity contribution in [2.24, 2.45) is 0 Å². The van der Waals surface area contributed by atoms with Gasteiger partial charge < -0.3 is 10.2 Å². The molecule has 146 valence electrons. The van der Waals surface area contributed by atoms with Crippen molar-refractivity contribution in [2.45, 2.75) is 19.3 Å². The molecule has 0 bridgehead atoms. The molecule has 1 aliphatic heterocycles. The van der Waals surface area contributed by atoms with Gasteiger partial charge in [-0.2, -0.15) is 0 Å². The summed E-state index contributed by atoms with van der Waals surface area (Å²) in [5.74, 6) is 0.755. The second-order valence-corrected chi connectivity index (χ2v) is 7.39. The van der Waals surface area contributed by atoms with Crippen molar-refractivity contribution in [2.75, 3.05) is 23.3 Å². The lowest BCUT2D eigenvalue weighted by atomic mass is 10.1. The summed E-state index contributed by atoms with van der Waals surface area (Å²) in [4.78, 5) is 24.3. The fourth-order valence-electron chi connectivity index (χ4n) is 2.65. The van der Waals surface area contributed by atoms with Crippen molar-refractivity contribution in [3.8, 4) is 0 Å². The van der Waals surface area contributed by atoms with Crippen LogP contribution in [0.2, 0.25) is 5.15 Å². The molecule has 28 heavy (non-hydrogen) atoms. The molecule has 0 atom stereocenters. The molecule has 1 aromatic carbocycles. The molecule has 0 aliphatic carbocycles. The lowest BCUT2D eigenvalue weighted by molar-refractivity contribution is -0.115. The SMILES string of the molecule is Clc1ccc(N2CCCC2)nn1.O=C(Cc1ccccc1)Nc1n[nH]c(=O)s1. The lowest BCUT2D eigenvalue weighted by Crippen LogP contribution is -2.19. The van der Waals surface area contributed by atoms with Gasteiger partial charge >= 0.3 is 4.87 Å². The van der Waals surface area contributed by atoms with Crippen molar-refractivity contribution in [1.82, 2.24) is 20.4 Å². The molecule has 10 heteroatoms. The van der Waals surface area contributed by atoms with E-state index in [0.717, 1.165) is 35.8 Å². The number of benzene rings is 1. The number of aromatic nitrogens is 4. The Kier molecular flexibility index (Phi) is 7.10. The third kappa shape index (κ3) is 6.14. The third-order valence-electron chi connectivity index (χ3n) is 3.94. The van der Waals surface area contributed by atoms with Gasteiger partial charge in [0, 0.05) is 13.1 Å². The summed E-state index contributed by atoms with van der Waals surface area (Å²) in [7, 11) is 0. The number of anilines is 2. The number of nitrogens with one attached hydrogen (secondary N) is 2. The first kappa shape index (κ1) is 20.0. The largest absolute Gasteiger partial charge is 0.355 e. The molecule has 1 saturated heterocycles. The van der Waals surface area contributed by atoms with Gasteiger partial charge in [-0.3, -0.25) is 9.59 Å². The molecule has 0 unspecified atom stereocenters. The Bertz CT molecular complexity index is 938. The molecule has 8 nitrogen and oxygen atoms in total. The molecule has 1 amide bonds. The fraction of sp³-hybridized carbons (Fsp3) is 0.278. The Morgan fingerprint density at radius 3 is 2.50 bits per heavy atom. The van der Waals surface area contributed by atoms with Gasteiger partial charge in [0.1, 0.15) is 0 Å². The maximum absolute atomic E-state index is 11.5. The number of rotatable bonds is 4. The Labute approximate surface area is 170 Å². The van der Waals surface area contributed by atoms with Crippen LogP contribution in [0, 0.1) is 0 Å². The first-order valence-corrected chi connectivity index (χ1v) is 9.93. The zero-order valence-electron chi connectivity index (χ0n) is 15.0. The molecule has 0 radical (unpaired) electrons. The summed E-state index contributed by atoms with van der Waals surface area (Å²) in [6.07, 6.45) is 2.78. The maximum Gasteiger partial charge on any atom is 0.324 e. The first-order chi connectivity index (χ1) is 13.6. The Morgan fingerprint density at radius 2 is 1.89 bits per heavy atom. The predicted octanol–water partition coefficient (Wildman–Crippen LogP) is 2.74. The van der Waals surface area contributed by atoms with E-state index >= 15 is 0 Å². The summed E-state index contributed by atoms with van der Waals surface area (Å²) in [6.45, 7) is 2.19. The van der Waals surface area contributed by atoms with Crippen molar-refractivity contribution in [1.29, 1.82) is 0 Å². The second kappa shape index (κ2) is 9.95. The highest BCUT2D eigenvalue weighted by Gasteiger charge is 2.13. The minimum Gasteiger partial charge on any atom is -0.355 e. The normalized spacial score (nSPS) is 13.0. The van der Waals surface area contributed by atoms with Crippen LogP contribution in [-0.2, 0) is 11.2 Å². The van der Waals surface area contributed by atoms with E-state index in [1.54, 1.807) is 6.07 Å². The molecule has 4 rings (SSSR count). The number of carbonyl (C=O) groups is 1. The van der Waals surface area contributed by atoms with Gasteiger partial charge in [0.2, 0.25) is 11.0 Å². The third-order valence-corrected chi connectivity index (χ3v) is 4.80. The fourth-order valence-corrected chi connectivity index (χ4v) is 3.28. The van der Waals surface area contributed by atoms with Crippen molar-refractivity contribution in [3.05, 3.63) is 62.8 Å². The average molecular weight is 419 g/mol. The van der Waals surface area contributed by atoms with Gasteiger partial charge in [-0.15, -0.1) is 15.3 Å². The van der Waals surface area contributed by atoms with Gasteiger partial charge in [-0.1, -0.05) is 41.9 Å². The minimum atomic E-state index is -0.282.